The minimum atomic E-state index is -0.760. The molecule has 0 saturated heterocycles. The summed E-state index contributed by atoms with van der Waals surface area (Å²) >= 11 is 0. The fourth-order valence-corrected chi connectivity index (χ4v) is 2.37. The number of carbonyl (C=O) groups excluding carboxylic acids is 1. The van der Waals surface area contributed by atoms with Gasteiger partial charge in [0.2, 0.25) is 0 Å². The highest BCUT2D eigenvalue weighted by molar-refractivity contribution is 5.81. The van der Waals surface area contributed by atoms with Crippen molar-refractivity contribution in [2.24, 2.45) is 10.8 Å². The van der Waals surface area contributed by atoms with E-state index in [4.69, 9.17) is 10.5 Å². The van der Waals surface area contributed by atoms with E-state index in [0.29, 0.717) is 11.1 Å². The van der Waals surface area contributed by atoms with Gasteiger partial charge in [-0.3, -0.25) is 0 Å². The van der Waals surface area contributed by atoms with Gasteiger partial charge in [0.05, 0.1) is 18.9 Å². The number of hydrogen-bond donors (Lipinski definition) is 2. The molecule has 2 amide bonds. The third-order valence-corrected chi connectivity index (χ3v) is 3.49. The average molecular weight is 293 g/mol. The molecule has 0 radical (unpaired) electrons. The normalized spacial score (nSPS) is 16.2. The lowest BCUT2D eigenvalue weighted by Gasteiger charge is -2.22. The van der Waals surface area contributed by atoms with Crippen LogP contribution in [0.2, 0.25) is 0 Å². The number of benzene rings is 1. The van der Waals surface area contributed by atoms with Crippen molar-refractivity contribution in [2.45, 2.75) is 44.8 Å². The van der Waals surface area contributed by atoms with E-state index >= 15 is 0 Å². The molecule has 1 aromatic rings. The van der Waals surface area contributed by atoms with Crippen LogP contribution in [-0.2, 0) is 11.3 Å². The fraction of sp³-hybridized carbons (Fsp3) is 0.467. The van der Waals surface area contributed by atoms with Gasteiger partial charge in [0.15, 0.2) is 0 Å². The Labute approximate surface area is 123 Å². The molecule has 114 valence electrons. The average Bonchev–Trinajstić information content (AvgIpc) is 2.47. The van der Waals surface area contributed by atoms with Crippen molar-refractivity contribution in [2.75, 3.05) is 0 Å². The summed E-state index contributed by atoms with van der Waals surface area (Å²) < 4.78 is 19.7. The Hall–Kier alpha value is -1.95. The second kappa shape index (κ2) is 7.73. The number of halogens is 1. The molecule has 1 aliphatic carbocycles. The Balaban J connectivity index is 1.89. The molecular weight excluding hydrogens is 273 g/mol. The number of amides is 2. The molecule has 3 N–H and O–H groups in total. The summed E-state index contributed by atoms with van der Waals surface area (Å²) in [5.74, 6) is -0.339. The molecule has 6 heteroatoms. The minimum absolute atomic E-state index is 0.249. The van der Waals surface area contributed by atoms with E-state index in [0.717, 1.165) is 12.8 Å². The molecule has 0 aliphatic heterocycles. The van der Waals surface area contributed by atoms with E-state index in [1.54, 1.807) is 12.1 Å². The third kappa shape index (κ3) is 5.15. The summed E-state index contributed by atoms with van der Waals surface area (Å²) in [5, 5.41) is 3.58. The first-order chi connectivity index (χ1) is 10.1. The van der Waals surface area contributed by atoms with E-state index in [-0.39, 0.29) is 18.5 Å². The monoisotopic (exact) mass is 293 g/mol. The number of nitrogens with two attached hydrogens (primary N) is 1. The fourth-order valence-electron chi connectivity index (χ4n) is 2.37. The van der Waals surface area contributed by atoms with E-state index < -0.39 is 6.03 Å². The Morgan fingerprint density at radius 1 is 1.43 bits per heavy atom. The number of nitrogens with one attached hydrogen (secondary N) is 1. The summed E-state index contributed by atoms with van der Waals surface area (Å²) in [6.45, 7) is 0.285. The Morgan fingerprint density at radius 3 is 2.86 bits per heavy atom. The highest BCUT2D eigenvalue weighted by atomic mass is 19.1. The van der Waals surface area contributed by atoms with E-state index in [9.17, 15) is 9.18 Å². The lowest BCUT2D eigenvalue weighted by Crippen LogP contribution is -2.24. The number of hydrazone groups is 1. The van der Waals surface area contributed by atoms with E-state index in [1.165, 1.54) is 31.5 Å². The Morgan fingerprint density at radius 2 is 2.19 bits per heavy atom. The Kier molecular flexibility index (Phi) is 5.68. The summed E-state index contributed by atoms with van der Waals surface area (Å²) in [7, 11) is 0. The molecule has 1 aromatic carbocycles. The maximum absolute atomic E-state index is 13.9. The van der Waals surface area contributed by atoms with Crippen molar-refractivity contribution in [3.63, 3.8) is 0 Å². The maximum atomic E-state index is 13.9. The van der Waals surface area contributed by atoms with Crippen molar-refractivity contribution in [3.8, 4) is 0 Å². The van der Waals surface area contributed by atoms with Crippen LogP contribution < -0.4 is 11.2 Å². The number of carbonyl (C=O) groups is 1. The molecule has 0 heterocycles. The highest BCUT2D eigenvalue weighted by Crippen LogP contribution is 2.22. The van der Waals surface area contributed by atoms with Gasteiger partial charge in [0, 0.05) is 5.56 Å². The van der Waals surface area contributed by atoms with Crippen molar-refractivity contribution in [1.29, 1.82) is 0 Å². The highest BCUT2D eigenvalue weighted by Gasteiger charge is 2.14. The molecule has 0 unspecified atom stereocenters. The van der Waals surface area contributed by atoms with Gasteiger partial charge >= 0.3 is 6.03 Å². The topological polar surface area (TPSA) is 76.7 Å². The number of rotatable bonds is 5. The Bertz CT molecular complexity index is 514. The van der Waals surface area contributed by atoms with Crippen LogP contribution >= 0.6 is 0 Å². The molecule has 1 saturated carbocycles. The van der Waals surface area contributed by atoms with E-state index in [2.05, 4.69) is 10.5 Å². The molecule has 21 heavy (non-hydrogen) atoms. The standard InChI is InChI=1S/C15H20FN3O2/c16-14-8-11(9-18-19-15(17)20)6-7-12(14)10-21-13-4-2-1-3-5-13/h6-9,13H,1-5,10H2,(H3,17,19,20). The first-order valence-corrected chi connectivity index (χ1v) is 7.13. The van der Waals surface area contributed by atoms with Gasteiger partial charge in [-0.25, -0.2) is 14.6 Å². The maximum Gasteiger partial charge on any atom is 0.332 e. The molecule has 0 bridgehead atoms. The summed E-state index contributed by atoms with van der Waals surface area (Å²) in [6.07, 6.45) is 7.35. The smallest absolute Gasteiger partial charge is 0.332 e. The second-order valence-corrected chi connectivity index (χ2v) is 5.16. The van der Waals surface area contributed by atoms with Crippen LogP contribution in [0.3, 0.4) is 0 Å². The van der Waals surface area contributed by atoms with Gasteiger partial charge in [-0.2, -0.15) is 5.10 Å². The number of primary amides is 1. The predicted octanol–water partition coefficient (Wildman–Crippen LogP) is 2.68. The first-order valence-electron chi connectivity index (χ1n) is 7.13. The zero-order valence-corrected chi connectivity index (χ0v) is 11.8. The summed E-state index contributed by atoms with van der Waals surface area (Å²) in [6, 6.07) is 3.98. The quantitative estimate of drug-likeness (QED) is 0.647. The summed E-state index contributed by atoms with van der Waals surface area (Å²) in [5.41, 5.74) is 8.00. The molecule has 1 aliphatic rings. The van der Waals surface area contributed by atoms with Crippen molar-refractivity contribution < 1.29 is 13.9 Å². The SMILES string of the molecule is NC(=O)NN=Cc1ccc(COC2CCCCC2)c(F)c1. The van der Waals surface area contributed by atoms with Gasteiger partial charge in [-0.1, -0.05) is 31.4 Å². The van der Waals surface area contributed by atoms with Gasteiger partial charge in [0.1, 0.15) is 5.82 Å². The lowest BCUT2D eigenvalue weighted by molar-refractivity contribution is 0.0156. The third-order valence-electron chi connectivity index (χ3n) is 3.49. The zero-order valence-electron chi connectivity index (χ0n) is 11.8. The van der Waals surface area contributed by atoms with Crippen LogP contribution in [-0.4, -0.2) is 18.3 Å². The van der Waals surface area contributed by atoms with Gasteiger partial charge in [0.25, 0.3) is 0 Å². The number of urea groups is 1. The van der Waals surface area contributed by atoms with E-state index in [1.807, 2.05) is 0 Å². The lowest BCUT2D eigenvalue weighted by atomic mass is 9.98. The first kappa shape index (κ1) is 15.4. The van der Waals surface area contributed by atoms with Crippen LogP contribution in [0.1, 0.15) is 43.2 Å². The molecule has 1 fully saturated rings. The second-order valence-electron chi connectivity index (χ2n) is 5.16. The molecule has 0 aromatic heterocycles. The number of hydrogen-bond acceptors (Lipinski definition) is 3. The van der Waals surface area contributed by atoms with Crippen LogP contribution in [0.25, 0.3) is 0 Å². The van der Waals surface area contributed by atoms with Crippen LogP contribution in [0.4, 0.5) is 9.18 Å². The van der Waals surface area contributed by atoms with Crippen molar-refractivity contribution >= 4 is 12.2 Å². The van der Waals surface area contributed by atoms with Gasteiger partial charge in [-0.05, 0) is 24.5 Å². The largest absolute Gasteiger partial charge is 0.373 e. The van der Waals surface area contributed by atoms with Crippen molar-refractivity contribution in [3.05, 3.63) is 35.1 Å². The predicted molar refractivity (Wildman–Crippen MR) is 78.4 cm³/mol. The van der Waals surface area contributed by atoms with Crippen LogP contribution in [0.5, 0.6) is 0 Å². The molecule has 2 rings (SSSR count). The molecular formula is C15H20FN3O2. The summed E-state index contributed by atoms with van der Waals surface area (Å²) in [4.78, 5) is 10.5. The van der Waals surface area contributed by atoms with Crippen LogP contribution in [0, 0.1) is 5.82 Å². The molecule has 0 spiro atoms. The van der Waals surface area contributed by atoms with Crippen molar-refractivity contribution in [1.82, 2.24) is 5.43 Å². The van der Waals surface area contributed by atoms with Gasteiger partial charge < -0.3 is 10.5 Å². The zero-order chi connectivity index (χ0) is 15.1. The molecule has 0 atom stereocenters. The van der Waals surface area contributed by atoms with Gasteiger partial charge in [-0.15, -0.1) is 0 Å². The number of ether oxygens (including phenoxy) is 1. The minimum Gasteiger partial charge on any atom is -0.373 e. The number of nitrogens with zero attached hydrogens (tertiary/aromatic N) is 1. The molecule has 5 nitrogen and oxygen atoms in total. The van der Waals surface area contributed by atoms with Crippen LogP contribution in [0.15, 0.2) is 23.3 Å².